The molecule has 1 fully saturated rings. The van der Waals surface area contributed by atoms with Gasteiger partial charge in [0.1, 0.15) is 5.82 Å². The van der Waals surface area contributed by atoms with Crippen molar-refractivity contribution in [2.75, 3.05) is 45.7 Å². The van der Waals surface area contributed by atoms with Gasteiger partial charge in [0.05, 0.1) is 11.6 Å². The molecule has 3 heterocycles. The highest BCUT2D eigenvalue weighted by Crippen LogP contribution is 2.23. The van der Waals surface area contributed by atoms with Gasteiger partial charge in [0.15, 0.2) is 5.82 Å². The van der Waals surface area contributed by atoms with Gasteiger partial charge in [-0.15, -0.1) is 12.4 Å². The van der Waals surface area contributed by atoms with Gasteiger partial charge in [-0.05, 0) is 19.2 Å². The van der Waals surface area contributed by atoms with Crippen LogP contribution in [0.3, 0.4) is 0 Å². The monoisotopic (exact) mass is 324 g/mol. The Hall–Kier alpha value is -1.70. The van der Waals surface area contributed by atoms with E-state index in [0.29, 0.717) is 5.89 Å². The predicted octanol–water partition coefficient (Wildman–Crippen LogP) is 1.20. The van der Waals surface area contributed by atoms with E-state index in [1.165, 1.54) is 0 Å². The minimum atomic E-state index is 0. The Kier molecular flexibility index (Phi) is 5.33. The van der Waals surface area contributed by atoms with Crippen molar-refractivity contribution in [1.82, 2.24) is 25.3 Å². The molecule has 0 aliphatic carbocycles. The molecule has 2 aromatic rings. The first-order valence-corrected chi connectivity index (χ1v) is 7.03. The molecule has 1 N–H and O–H groups in total. The van der Waals surface area contributed by atoms with Crippen molar-refractivity contribution in [3.05, 3.63) is 24.2 Å². The van der Waals surface area contributed by atoms with Crippen LogP contribution in [0.1, 0.15) is 11.9 Å². The average Bonchev–Trinajstić information content (AvgIpc) is 2.97. The quantitative estimate of drug-likeness (QED) is 0.909. The summed E-state index contributed by atoms with van der Waals surface area (Å²) in [5, 5.41) is 7.47. The van der Waals surface area contributed by atoms with E-state index in [1.807, 2.05) is 31.1 Å². The molecule has 0 radical (unpaired) electrons. The van der Waals surface area contributed by atoms with Gasteiger partial charge >= 0.3 is 0 Å². The summed E-state index contributed by atoms with van der Waals surface area (Å²) in [6.45, 7) is 2.81. The number of piperazine rings is 1. The second-order valence-corrected chi connectivity index (χ2v) is 5.46. The highest BCUT2D eigenvalue weighted by Gasteiger charge is 2.25. The van der Waals surface area contributed by atoms with Gasteiger partial charge in [-0.25, -0.2) is 4.98 Å². The summed E-state index contributed by atoms with van der Waals surface area (Å²) >= 11 is 0. The summed E-state index contributed by atoms with van der Waals surface area (Å²) in [4.78, 5) is 13.1. The standard InChI is InChI=1S/C14H20N6O.ClH/c1-19(2)12-5-4-10(8-16-12)14-17-13(18-21-14)11-9-15-6-7-20(11)3;/h4-5,8,11,15H,6-7,9H2,1-3H3;1H. The van der Waals surface area contributed by atoms with Crippen LogP contribution in [0.2, 0.25) is 0 Å². The van der Waals surface area contributed by atoms with Crippen LogP contribution in [0.5, 0.6) is 0 Å². The van der Waals surface area contributed by atoms with Crippen molar-refractivity contribution in [1.29, 1.82) is 0 Å². The third-order valence-corrected chi connectivity index (χ3v) is 3.70. The number of rotatable bonds is 3. The molecule has 1 aliphatic heterocycles. The number of nitrogens with zero attached hydrogens (tertiary/aromatic N) is 5. The summed E-state index contributed by atoms with van der Waals surface area (Å²) in [6, 6.07) is 4.04. The third kappa shape index (κ3) is 3.37. The highest BCUT2D eigenvalue weighted by molar-refractivity contribution is 5.85. The smallest absolute Gasteiger partial charge is 0.259 e. The van der Waals surface area contributed by atoms with E-state index >= 15 is 0 Å². The van der Waals surface area contributed by atoms with E-state index < -0.39 is 0 Å². The van der Waals surface area contributed by atoms with Crippen molar-refractivity contribution in [3.8, 4) is 11.5 Å². The molecule has 7 nitrogen and oxygen atoms in total. The summed E-state index contributed by atoms with van der Waals surface area (Å²) < 4.78 is 5.38. The Labute approximate surface area is 136 Å². The molecule has 3 rings (SSSR count). The summed E-state index contributed by atoms with van der Waals surface area (Å²) in [7, 11) is 5.99. The first kappa shape index (κ1) is 16.7. The van der Waals surface area contributed by atoms with Crippen molar-refractivity contribution in [2.24, 2.45) is 0 Å². The SMILES string of the molecule is CN(C)c1ccc(-c2nc(C3CNCCN3C)no2)cn1.Cl. The van der Waals surface area contributed by atoms with Gasteiger partial charge in [-0.2, -0.15) is 4.98 Å². The van der Waals surface area contributed by atoms with Gasteiger partial charge in [-0.1, -0.05) is 5.16 Å². The number of nitrogens with one attached hydrogen (secondary N) is 1. The van der Waals surface area contributed by atoms with Gasteiger partial charge in [0, 0.05) is 39.9 Å². The lowest BCUT2D eigenvalue weighted by Gasteiger charge is -2.30. The third-order valence-electron chi connectivity index (χ3n) is 3.70. The Morgan fingerprint density at radius 2 is 2.18 bits per heavy atom. The fourth-order valence-electron chi connectivity index (χ4n) is 2.36. The zero-order valence-corrected chi connectivity index (χ0v) is 13.8. The van der Waals surface area contributed by atoms with E-state index in [0.717, 1.165) is 36.8 Å². The summed E-state index contributed by atoms with van der Waals surface area (Å²) in [5.74, 6) is 2.13. The molecule has 8 heteroatoms. The molecule has 0 spiro atoms. The van der Waals surface area contributed by atoms with Crippen molar-refractivity contribution >= 4 is 18.2 Å². The van der Waals surface area contributed by atoms with E-state index in [-0.39, 0.29) is 18.4 Å². The van der Waals surface area contributed by atoms with E-state index in [4.69, 9.17) is 4.52 Å². The van der Waals surface area contributed by atoms with Crippen molar-refractivity contribution < 1.29 is 4.52 Å². The minimum absolute atomic E-state index is 0. The zero-order valence-electron chi connectivity index (χ0n) is 13.0. The number of likely N-dealkylation sites (N-methyl/N-ethyl adjacent to an activating group) is 1. The minimum Gasteiger partial charge on any atom is -0.363 e. The maximum Gasteiger partial charge on any atom is 0.259 e. The molecule has 1 aliphatic rings. The number of hydrogen-bond acceptors (Lipinski definition) is 7. The van der Waals surface area contributed by atoms with E-state index in [2.05, 4.69) is 32.4 Å². The lowest BCUT2D eigenvalue weighted by atomic mass is 10.2. The molecule has 120 valence electrons. The maximum absolute atomic E-state index is 5.38. The van der Waals surface area contributed by atoms with Gasteiger partial charge < -0.3 is 14.7 Å². The maximum atomic E-state index is 5.38. The number of hydrogen-bond donors (Lipinski definition) is 1. The van der Waals surface area contributed by atoms with Crippen molar-refractivity contribution in [3.63, 3.8) is 0 Å². The van der Waals surface area contributed by atoms with E-state index in [9.17, 15) is 0 Å². The lowest BCUT2D eigenvalue weighted by Crippen LogP contribution is -2.44. The largest absolute Gasteiger partial charge is 0.363 e. The molecule has 0 amide bonds. The van der Waals surface area contributed by atoms with Crippen LogP contribution >= 0.6 is 12.4 Å². The van der Waals surface area contributed by atoms with Crippen LogP contribution < -0.4 is 10.2 Å². The van der Waals surface area contributed by atoms with Gasteiger partial charge in [0.25, 0.3) is 5.89 Å². The topological polar surface area (TPSA) is 70.3 Å². The van der Waals surface area contributed by atoms with Crippen LogP contribution in [0.4, 0.5) is 5.82 Å². The normalized spacial score (nSPS) is 18.8. The van der Waals surface area contributed by atoms with Crippen molar-refractivity contribution in [2.45, 2.75) is 6.04 Å². The molecule has 0 aromatic carbocycles. The molecule has 0 saturated carbocycles. The number of pyridine rings is 1. The van der Waals surface area contributed by atoms with Crippen LogP contribution in [-0.4, -0.2) is 60.8 Å². The Bertz CT molecular complexity index is 600. The van der Waals surface area contributed by atoms with Gasteiger partial charge in [0.2, 0.25) is 0 Å². The Morgan fingerprint density at radius 1 is 1.36 bits per heavy atom. The molecular formula is C14H21ClN6O. The first-order chi connectivity index (χ1) is 10.1. The molecular weight excluding hydrogens is 304 g/mol. The number of halogens is 1. The average molecular weight is 325 g/mol. The zero-order chi connectivity index (χ0) is 14.8. The fourth-order valence-corrected chi connectivity index (χ4v) is 2.36. The van der Waals surface area contributed by atoms with Crippen LogP contribution in [-0.2, 0) is 0 Å². The molecule has 1 unspecified atom stereocenters. The molecule has 1 atom stereocenters. The molecule has 22 heavy (non-hydrogen) atoms. The number of anilines is 1. The van der Waals surface area contributed by atoms with E-state index in [1.54, 1.807) is 6.20 Å². The van der Waals surface area contributed by atoms with Crippen LogP contribution in [0, 0.1) is 0 Å². The van der Waals surface area contributed by atoms with Gasteiger partial charge in [-0.3, -0.25) is 4.90 Å². The van der Waals surface area contributed by atoms with Crippen LogP contribution in [0.15, 0.2) is 22.9 Å². The highest BCUT2D eigenvalue weighted by atomic mass is 35.5. The lowest BCUT2D eigenvalue weighted by molar-refractivity contribution is 0.190. The Balaban J connectivity index is 0.00000176. The molecule has 2 aromatic heterocycles. The summed E-state index contributed by atoms with van der Waals surface area (Å²) in [5.41, 5.74) is 0.839. The summed E-state index contributed by atoms with van der Waals surface area (Å²) in [6.07, 6.45) is 1.76. The second-order valence-electron chi connectivity index (χ2n) is 5.46. The molecule has 1 saturated heterocycles. The predicted molar refractivity (Wildman–Crippen MR) is 87.3 cm³/mol. The molecule has 0 bridgehead atoms. The number of aromatic nitrogens is 3. The first-order valence-electron chi connectivity index (χ1n) is 7.03. The Morgan fingerprint density at radius 3 is 2.82 bits per heavy atom. The van der Waals surface area contributed by atoms with Crippen LogP contribution in [0.25, 0.3) is 11.5 Å². The second kappa shape index (κ2) is 7.04. The fraction of sp³-hybridized carbons (Fsp3) is 0.500.